The minimum atomic E-state index is -0.317. The van der Waals surface area contributed by atoms with Gasteiger partial charge in [0, 0.05) is 19.6 Å². The van der Waals surface area contributed by atoms with Crippen LogP contribution in [0.5, 0.6) is 0 Å². The number of rotatable bonds is 5. The molecule has 1 aliphatic carbocycles. The molecule has 3 heteroatoms. The van der Waals surface area contributed by atoms with Gasteiger partial charge in [0.05, 0.1) is 18.8 Å². The molecule has 1 aliphatic heterocycles. The molecule has 1 saturated carbocycles. The Morgan fingerprint density at radius 1 is 1.17 bits per heavy atom. The summed E-state index contributed by atoms with van der Waals surface area (Å²) in [6.45, 7) is 8.18. The lowest BCUT2D eigenvalue weighted by molar-refractivity contribution is -0.0250. The van der Waals surface area contributed by atoms with Gasteiger partial charge in [0.15, 0.2) is 0 Å². The Bertz CT molecular complexity index is 231. The van der Waals surface area contributed by atoms with Gasteiger partial charge >= 0.3 is 0 Å². The van der Waals surface area contributed by atoms with Gasteiger partial charge in [-0.15, -0.1) is 0 Å². The van der Waals surface area contributed by atoms with Crippen LogP contribution in [0, 0.1) is 11.8 Å². The summed E-state index contributed by atoms with van der Waals surface area (Å²) in [6, 6.07) is 0. The predicted molar refractivity (Wildman–Crippen MR) is 73.6 cm³/mol. The van der Waals surface area contributed by atoms with Crippen molar-refractivity contribution >= 4 is 0 Å². The van der Waals surface area contributed by atoms with E-state index in [9.17, 15) is 5.11 Å². The maximum absolute atomic E-state index is 10.1. The molecular weight excluding hydrogens is 226 g/mol. The maximum atomic E-state index is 10.1. The average molecular weight is 255 g/mol. The molecule has 0 radical (unpaired) electrons. The molecule has 18 heavy (non-hydrogen) atoms. The van der Waals surface area contributed by atoms with E-state index in [4.69, 9.17) is 4.74 Å². The number of β-amino-alcohol motifs (C(OH)–C–C–N with tert-alkyl or cyclic N) is 1. The summed E-state index contributed by atoms with van der Waals surface area (Å²) in [5, 5.41) is 10.1. The van der Waals surface area contributed by atoms with Crippen molar-refractivity contribution in [1.29, 1.82) is 0 Å². The largest absolute Gasteiger partial charge is 0.389 e. The minimum Gasteiger partial charge on any atom is -0.389 e. The second-order valence-electron chi connectivity index (χ2n) is 6.56. The lowest BCUT2D eigenvalue weighted by Crippen LogP contribution is -2.43. The van der Waals surface area contributed by atoms with E-state index in [1.807, 2.05) is 0 Å². The maximum Gasteiger partial charge on any atom is 0.0900 e. The second kappa shape index (κ2) is 6.88. The fourth-order valence-corrected chi connectivity index (χ4v) is 3.59. The number of ether oxygens (including phenoxy) is 1. The van der Waals surface area contributed by atoms with Crippen LogP contribution in [0.25, 0.3) is 0 Å². The van der Waals surface area contributed by atoms with Crippen molar-refractivity contribution in [1.82, 2.24) is 4.90 Å². The van der Waals surface area contributed by atoms with E-state index < -0.39 is 0 Å². The molecule has 106 valence electrons. The van der Waals surface area contributed by atoms with Crippen LogP contribution < -0.4 is 0 Å². The fourth-order valence-electron chi connectivity index (χ4n) is 3.59. The number of nitrogens with zero attached hydrogens (tertiary/aromatic N) is 1. The molecule has 3 unspecified atom stereocenters. The van der Waals surface area contributed by atoms with Crippen molar-refractivity contribution < 1.29 is 9.84 Å². The van der Waals surface area contributed by atoms with Crippen LogP contribution in [0.15, 0.2) is 0 Å². The Morgan fingerprint density at radius 2 is 1.78 bits per heavy atom. The van der Waals surface area contributed by atoms with Gasteiger partial charge in [0.25, 0.3) is 0 Å². The van der Waals surface area contributed by atoms with E-state index in [1.54, 1.807) is 0 Å². The zero-order valence-corrected chi connectivity index (χ0v) is 12.0. The van der Waals surface area contributed by atoms with Gasteiger partial charge in [-0.1, -0.05) is 26.7 Å². The van der Waals surface area contributed by atoms with Gasteiger partial charge in [0.2, 0.25) is 0 Å². The smallest absolute Gasteiger partial charge is 0.0900 e. The number of hydrogen-bond acceptors (Lipinski definition) is 3. The van der Waals surface area contributed by atoms with Crippen molar-refractivity contribution in [2.45, 2.75) is 58.2 Å². The molecule has 0 spiro atoms. The van der Waals surface area contributed by atoms with Crippen LogP contribution >= 0.6 is 0 Å². The van der Waals surface area contributed by atoms with Crippen LogP contribution in [0.3, 0.4) is 0 Å². The average Bonchev–Trinajstić information content (AvgIpc) is 2.77. The molecule has 2 aliphatic rings. The van der Waals surface area contributed by atoms with Crippen molar-refractivity contribution in [3.05, 3.63) is 0 Å². The molecule has 0 amide bonds. The third-order valence-electron chi connectivity index (χ3n) is 4.24. The topological polar surface area (TPSA) is 32.7 Å². The van der Waals surface area contributed by atoms with Crippen molar-refractivity contribution in [2.24, 2.45) is 11.8 Å². The van der Waals surface area contributed by atoms with Gasteiger partial charge in [-0.2, -0.15) is 0 Å². The molecule has 0 aromatic heterocycles. The first kappa shape index (κ1) is 14.3. The molecule has 3 atom stereocenters. The van der Waals surface area contributed by atoms with Crippen molar-refractivity contribution in [3.63, 3.8) is 0 Å². The molecule has 0 aromatic carbocycles. The lowest BCUT2D eigenvalue weighted by atomic mass is 9.92. The zero-order chi connectivity index (χ0) is 13.0. The summed E-state index contributed by atoms with van der Waals surface area (Å²) in [5.74, 6) is 1.52. The quantitative estimate of drug-likeness (QED) is 0.818. The third kappa shape index (κ3) is 4.52. The van der Waals surface area contributed by atoms with E-state index >= 15 is 0 Å². The number of hydrogen-bond donors (Lipinski definition) is 1. The van der Waals surface area contributed by atoms with Crippen LogP contribution in [0.2, 0.25) is 0 Å². The fraction of sp³-hybridized carbons (Fsp3) is 1.00. The molecule has 1 saturated heterocycles. The van der Waals surface area contributed by atoms with Gasteiger partial charge in [-0.25, -0.2) is 0 Å². The Kier molecular flexibility index (Phi) is 5.46. The van der Waals surface area contributed by atoms with Crippen molar-refractivity contribution in [3.8, 4) is 0 Å². The van der Waals surface area contributed by atoms with Crippen LogP contribution in [0.1, 0.15) is 46.0 Å². The van der Waals surface area contributed by atoms with Crippen LogP contribution in [-0.4, -0.2) is 48.5 Å². The Balaban J connectivity index is 1.64. The molecule has 3 nitrogen and oxygen atoms in total. The van der Waals surface area contributed by atoms with E-state index in [0.29, 0.717) is 12.7 Å². The molecule has 0 aromatic rings. The van der Waals surface area contributed by atoms with Crippen molar-refractivity contribution in [2.75, 3.05) is 26.2 Å². The Morgan fingerprint density at radius 3 is 2.39 bits per heavy atom. The summed E-state index contributed by atoms with van der Waals surface area (Å²) >= 11 is 0. The Hall–Kier alpha value is -0.120. The first-order chi connectivity index (χ1) is 8.63. The summed E-state index contributed by atoms with van der Waals surface area (Å²) < 4.78 is 5.78. The summed E-state index contributed by atoms with van der Waals surface area (Å²) in [4.78, 5) is 2.40. The molecule has 1 N–H and O–H groups in total. The van der Waals surface area contributed by atoms with Crippen LogP contribution in [0.4, 0.5) is 0 Å². The predicted octanol–water partition coefficient (Wildman–Crippen LogP) is 2.28. The molecule has 2 fully saturated rings. The van der Waals surface area contributed by atoms with Gasteiger partial charge < -0.3 is 14.7 Å². The SMILES string of the molecule is CC1CC(C)CN(CC(O)COC2CCCC2)C1. The summed E-state index contributed by atoms with van der Waals surface area (Å²) in [5.41, 5.74) is 0. The zero-order valence-electron chi connectivity index (χ0n) is 12.0. The first-order valence-corrected chi connectivity index (χ1v) is 7.65. The summed E-state index contributed by atoms with van der Waals surface area (Å²) in [6.07, 6.45) is 6.38. The highest BCUT2D eigenvalue weighted by Gasteiger charge is 2.24. The highest BCUT2D eigenvalue weighted by Crippen LogP contribution is 2.22. The van der Waals surface area contributed by atoms with E-state index in [0.717, 1.165) is 31.5 Å². The number of piperidine rings is 1. The van der Waals surface area contributed by atoms with E-state index in [1.165, 1.54) is 32.1 Å². The van der Waals surface area contributed by atoms with Gasteiger partial charge in [-0.05, 0) is 31.1 Å². The molecule has 0 bridgehead atoms. The highest BCUT2D eigenvalue weighted by molar-refractivity contribution is 4.77. The van der Waals surface area contributed by atoms with Crippen LogP contribution in [-0.2, 0) is 4.74 Å². The number of aliphatic hydroxyl groups excluding tert-OH is 1. The normalized spacial score (nSPS) is 32.8. The highest BCUT2D eigenvalue weighted by atomic mass is 16.5. The summed E-state index contributed by atoms with van der Waals surface area (Å²) in [7, 11) is 0. The second-order valence-corrected chi connectivity index (χ2v) is 6.56. The van der Waals surface area contributed by atoms with E-state index in [2.05, 4.69) is 18.7 Å². The van der Waals surface area contributed by atoms with Gasteiger partial charge in [-0.3, -0.25) is 0 Å². The number of likely N-dealkylation sites (tertiary alicyclic amines) is 1. The third-order valence-corrected chi connectivity index (χ3v) is 4.24. The molecular formula is C15H29NO2. The standard InChI is InChI=1S/C15H29NO2/c1-12-7-13(2)9-16(8-12)10-14(17)11-18-15-5-3-4-6-15/h12-15,17H,3-11H2,1-2H3. The Labute approximate surface area is 112 Å². The minimum absolute atomic E-state index is 0.317. The molecule has 1 heterocycles. The first-order valence-electron chi connectivity index (χ1n) is 7.65. The lowest BCUT2D eigenvalue weighted by Gasteiger charge is -2.36. The van der Waals surface area contributed by atoms with Gasteiger partial charge in [0.1, 0.15) is 0 Å². The monoisotopic (exact) mass is 255 g/mol. The number of aliphatic hydroxyl groups is 1. The molecule has 2 rings (SSSR count). The van der Waals surface area contributed by atoms with E-state index in [-0.39, 0.29) is 6.10 Å².